The van der Waals surface area contributed by atoms with E-state index in [9.17, 15) is 0 Å². The summed E-state index contributed by atoms with van der Waals surface area (Å²) in [5, 5.41) is 17.5. The molecule has 72 valence electrons. The van der Waals surface area contributed by atoms with Gasteiger partial charge in [0.15, 0.2) is 5.16 Å². The summed E-state index contributed by atoms with van der Waals surface area (Å²) in [7, 11) is 0. The zero-order valence-electron chi connectivity index (χ0n) is 7.53. The fourth-order valence-electron chi connectivity index (χ4n) is 0.904. The molecule has 0 aliphatic heterocycles. The van der Waals surface area contributed by atoms with Crippen molar-refractivity contribution in [3.05, 3.63) is 36.3 Å². The number of hydrogen-bond donors (Lipinski definition) is 0. The molecule has 0 spiro atoms. The lowest BCUT2D eigenvalue weighted by Crippen LogP contribution is -1.91. The third-order valence-corrected chi connectivity index (χ3v) is 2.43. The normalized spacial score (nSPS) is 9.53. The van der Waals surface area contributed by atoms with Gasteiger partial charge in [-0.2, -0.15) is 10.4 Å². The minimum atomic E-state index is 0.474. The van der Waals surface area contributed by atoms with E-state index in [0.29, 0.717) is 15.7 Å². The van der Waals surface area contributed by atoms with Crippen LogP contribution in [0.5, 0.6) is 0 Å². The van der Waals surface area contributed by atoms with Crippen LogP contribution in [0.15, 0.2) is 40.9 Å². The van der Waals surface area contributed by atoms with Crippen LogP contribution in [-0.2, 0) is 0 Å². The van der Waals surface area contributed by atoms with Crippen LogP contribution in [0.2, 0.25) is 0 Å². The Kier molecular flexibility index (Phi) is 2.85. The number of hydrogen-bond acceptors (Lipinski definition) is 6. The van der Waals surface area contributed by atoms with Crippen molar-refractivity contribution in [1.82, 2.24) is 20.2 Å². The van der Waals surface area contributed by atoms with Gasteiger partial charge < -0.3 is 0 Å². The van der Waals surface area contributed by atoms with Crippen LogP contribution in [0.1, 0.15) is 5.56 Å². The fraction of sp³-hybridized carbons (Fsp3) is 0. The van der Waals surface area contributed by atoms with Gasteiger partial charge in [-0.3, -0.25) is 0 Å². The Labute approximate surface area is 90.2 Å². The largest absolute Gasteiger partial charge is 0.231 e. The number of rotatable bonds is 2. The van der Waals surface area contributed by atoms with E-state index in [4.69, 9.17) is 5.26 Å². The summed E-state index contributed by atoms with van der Waals surface area (Å²) < 4.78 is 0. The number of nitrogens with zero attached hydrogens (tertiary/aromatic N) is 5. The van der Waals surface area contributed by atoms with Crippen molar-refractivity contribution in [3.63, 3.8) is 0 Å². The first kappa shape index (κ1) is 9.55. The maximum absolute atomic E-state index is 8.82. The van der Waals surface area contributed by atoms with E-state index in [2.05, 4.69) is 20.2 Å². The maximum atomic E-state index is 8.82. The van der Waals surface area contributed by atoms with Crippen molar-refractivity contribution in [2.45, 2.75) is 10.2 Å². The topological polar surface area (TPSA) is 75.3 Å². The first-order chi connectivity index (χ1) is 7.40. The van der Waals surface area contributed by atoms with Gasteiger partial charge in [-0.15, -0.1) is 5.10 Å². The third-order valence-electron chi connectivity index (χ3n) is 1.54. The van der Waals surface area contributed by atoms with Crippen LogP contribution in [0, 0.1) is 11.3 Å². The lowest BCUT2D eigenvalue weighted by Gasteiger charge is -1.98. The second kappa shape index (κ2) is 4.48. The molecule has 6 heteroatoms. The Hall–Kier alpha value is -2.00. The molecule has 0 atom stereocenters. The Morgan fingerprint density at radius 2 is 2.00 bits per heavy atom. The van der Waals surface area contributed by atoms with Crippen LogP contribution >= 0.6 is 11.8 Å². The summed E-state index contributed by atoms with van der Waals surface area (Å²) in [6.45, 7) is 0. The highest BCUT2D eigenvalue weighted by Gasteiger charge is 2.06. The van der Waals surface area contributed by atoms with E-state index < -0.39 is 0 Å². The van der Waals surface area contributed by atoms with Crippen molar-refractivity contribution >= 4 is 11.8 Å². The molecule has 0 fully saturated rings. The van der Waals surface area contributed by atoms with E-state index in [-0.39, 0.29) is 0 Å². The van der Waals surface area contributed by atoms with Crippen LogP contribution in [0.4, 0.5) is 0 Å². The van der Waals surface area contributed by atoms with E-state index in [1.165, 1.54) is 18.0 Å². The fourth-order valence-corrected chi connectivity index (χ4v) is 1.62. The smallest absolute Gasteiger partial charge is 0.193 e. The molecule has 5 nitrogen and oxygen atoms in total. The lowest BCUT2D eigenvalue weighted by molar-refractivity contribution is 0.904. The van der Waals surface area contributed by atoms with E-state index >= 15 is 0 Å². The molecule has 0 aliphatic carbocycles. The zero-order chi connectivity index (χ0) is 10.5. The van der Waals surface area contributed by atoms with Gasteiger partial charge in [0.05, 0.1) is 11.8 Å². The van der Waals surface area contributed by atoms with Gasteiger partial charge in [0, 0.05) is 12.4 Å². The summed E-state index contributed by atoms with van der Waals surface area (Å²) in [5.74, 6) is 0. The lowest BCUT2D eigenvalue weighted by atomic mass is 10.3. The Balaban J connectivity index is 2.29. The molecule has 0 aromatic carbocycles. The molecule has 0 saturated heterocycles. The minimum Gasteiger partial charge on any atom is -0.231 e. The first-order valence-corrected chi connectivity index (χ1v) is 4.88. The maximum Gasteiger partial charge on any atom is 0.193 e. The Bertz CT molecular complexity index is 493. The van der Waals surface area contributed by atoms with Crippen molar-refractivity contribution in [1.29, 1.82) is 5.26 Å². The molecule has 0 radical (unpaired) electrons. The van der Waals surface area contributed by atoms with Crippen LogP contribution in [-0.4, -0.2) is 20.2 Å². The average molecular weight is 215 g/mol. The van der Waals surface area contributed by atoms with Gasteiger partial charge in [-0.1, -0.05) is 0 Å². The molecule has 0 N–H and O–H groups in total. The summed E-state index contributed by atoms with van der Waals surface area (Å²) in [6.07, 6.45) is 4.75. The second-order valence-corrected chi connectivity index (χ2v) is 3.45. The second-order valence-electron chi connectivity index (χ2n) is 2.50. The molecule has 15 heavy (non-hydrogen) atoms. The molecule has 0 bridgehead atoms. The van der Waals surface area contributed by atoms with Gasteiger partial charge in [0.1, 0.15) is 11.1 Å². The molecular weight excluding hydrogens is 210 g/mol. The third kappa shape index (κ3) is 2.27. The number of aromatic nitrogens is 4. The first-order valence-electron chi connectivity index (χ1n) is 4.07. The average Bonchev–Trinajstić information content (AvgIpc) is 2.31. The SMILES string of the molecule is N#Cc1ccnnc1Sc1ncccn1. The van der Waals surface area contributed by atoms with Crippen molar-refractivity contribution in [2.24, 2.45) is 0 Å². The summed E-state index contributed by atoms with van der Waals surface area (Å²) in [4.78, 5) is 8.05. The Morgan fingerprint density at radius 1 is 1.20 bits per heavy atom. The highest BCUT2D eigenvalue weighted by atomic mass is 32.2. The molecular formula is C9H5N5S. The minimum absolute atomic E-state index is 0.474. The molecule has 0 aliphatic rings. The van der Waals surface area contributed by atoms with Crippen molar-refractivity contribution in [2.75, 3.05) is 0 Å². The number of nitriles is 1. The quantitative estimate of drug-likeness (QED) is 0.702. The standard InChI is InChI=1S/C9H5N5S/c10-6-7-2-5-13-14-8(7)15-9-11-3-1-4-12-9/h1-5H. The van der Waals surface area contributed by atoms with Crippen LogP contribution in [0.3, 0.4) is 0 Å². The van der Waals surface area contributed by atoms with Gasteiger partial charge in [0.2, 0.25) is 0 Å². The molecule has 0 amide bonds. The molecule has 0 unspecified atom stereocenters. The summed E-state index contributed by atoms with van der Waals surface area (Å²) in [6, 6.07) is 5.37. The molecule has 2 aromatic heterocycles. The van der Waals surface area contributed by atoms with E-state index in [1.807, 2.05) is 6.07 Å². The highest BCUT2D eigenvalue weighted by Crippen LogP contribution is 2.23. The molecule has 2 rings (SSSR count). The predicted molar refractivity (Wildman–Crippen MR) is 52.9 cm³/mol. The summed E-state index contributed by atoms with van der Waals surface area (Å²) >= 11 is 1.22. The molecule has 0 saturated carbocycles. The van der Waals surface area contributed by atoms with Crippen molar-refractivity contribution in [3.8, 4) is 6.07 Å². The van der Waals surface area contributed by atoms with Gasteiger partial charge in [-0.05, 0) is 23.9 Å². The highest BCUT2D eigenvalue weighted by molar-refractivity contribution is 7.99. The van der Waals surface area contributed by atoms with Crippen molar-refractivity contribution < 1.29 is 0 Å². The molecule has 2 heterocycles. The zero-order valence-corrected chi connectivity index (χ0v) is 8.35. The van der Waals surface area contributed by atoms with Gasteiger partial charge in [0.25, 0.3) is 0 Å². The predicted octanol–water partition coefficient (Wildman–Crippen LogP) is 1.29. The van der Waals surface area contributed by atoms with Gasteiger partial charge in [-0.25, -0.2) is 9.97 Å². The van der Waals surface area contributed by atoms with Crippen LogP contribution < -0.4 is 0 Å². The van der Waals surface area contributed by atoms with E-state index in [1.54, 1.807) is 24.5 Å². The molecule has 2 aromatic rings. The monoisotopic (exact) mass is 215 g/mol. The Morgan fingerprint density at radius 3 is 2.73 bits per heavy atom. The van der Waals surface area contributed by atoms with Gasteiger partial charge >= 0.3 is 0 Å². The van der Waals surface area contributed by atoms with E-state index in [0.717, 1.165) is 0 Å². The summed E-state index contributed by atoms with van der Waals surface area (Å²) in [5.41, 5.74) is 0.474. The van der Waals surface area contributed by atoms with Crippen LogP contribution in [0.25, 0.3) is 0 Å².